The second kappa shape index (κ2) is 6.10. The summed E-state index contributed by atoms with van der Waals surface area (Å²) in [6.07, 6.45) is 3.91. The molecule has 118 valence electrons. The minimum Gasteiger partial charge on any atom is -0.437 e. The molecule has 1 aliphatic heterocycles. The molecule has 6 nitrogen and oxygen atoms in total. The maximum absolute atomic E-state index is 12.2. The topological polar surface area (TPSA) is 77.3 Å². The van der Waals surface area contributed by atoms with E-state index in [4.69, 9.17) is 9.15 Å². The first-order valence-electron chi connectivity index (χ1n) is 7.49. The van der Waals surface area contributed by atoms with Crippen LogP contribution in [-0.2, 0) is 11.3 Å². The van der Waals surface area contributed by atoms with E-state index in [-0.39, 0.29) is 18.6 Å². The molecular weight excluding hydrogens is 314 g/mol. The first kappa shape index (κ1) is 14.3. The number of pyridine rings is 1. The predicted molar refractivity (Wildman–Crippen MR) is 85.2 cm³/mol. The molecule has 1 amide bonds. The Balaban J connectivity index is 1.41. The molecule has 4 heterocycles. The summed E-state index contributed by atoms with van der Waals surface area (Å²) in [5.41, 5.74) is 1.17. The van der Waals surface area contributed by atoms with Gasteiger partial charge in [-0.05, 0) is 37.1 Å². The molecule has 1 aliphatic rings. The number of aromatic nitrogens is 2. The number of hydrogen-bond acceptors (Lipinski definition) is 6. The SMILES string of the molecule is O=C(NCc1nc2ncccc2o1)c1ccc(C2CCCO2)s1. The molecule has 1 saturated heterocycles. The highest BCUT2D eigenvalue weighted by molar-refractivity contribution is 7.14. The molecule has 0 spiro atoms. The van der Waals surface area contributed by atoms with Crippen LogP contribution in [0.2, 0.25) is 0 Å². The number of fused-ring (bicyclic) bond motifs is 1. The van der Waals surface area contributed by atoms with Gasteiger partial charge < -0.3 is 14.5 Å². The molecule has 23 heavy (non-hydrogen) atoms. The Kier molecular flexibility index (Phi) is 3.80. The zero-order valence-electron chi connectivity index (χ0n) is 12.3. The molecule has 0 saturated carbocycles. The first-order valence-corrected chi connectivity index (χ1v) is 8.31. The summed E-state index contributed by atoms with van der Waals surface area (Å²) in [5, 5.41) is 2.83. The summed E-state index contributed by atoms with van der Waals surface area (Å²) in [5.74, 6) is 0.317. The summed E-state index contributed by atoms with van der Waals surface area (Å²) in [6, 6.07) is 7.39. The van der Waals surface area contributed by atoms with Crippen molar-refractivity contribution in [1.82, 2.24) is 15.3 Å². The molecule has 3 aromatic rings. The van der Waals surface area contributed by atoms with Crippen molar-refractivity contribution in [3.8, 4) is 0 Å². The predicted octanol–water partition coefficient (Wildman–Crippen LogP) is 3.07. The number of thiophene rings is 1. The third-order valence-corrected chi connectivity index (χ3v) is 4.88. The van der Waals surface area contributed by atoms with Gasteiger partial charge in [-0.25, -0.2) is 4.98 Å². The van der Waals surface area contributed by atoms with Crippen LogP contribution >= 0.6 is 11.3 Å². The fraction of sp³-hybridized carbons (Fsp3) is 0.312. The molecule has 0 aliphatic carbocycles. The van der Waals surface area contributed by atoms with Gasteiger partial charge in [0.2, 0.25) is 5.89 Å². The van der Waals surface area contributed by atoms with Gasteiger partial charge in [0.1, 0.15) is 0 Å². The zero-order chi connectivity index (χ0) is 15.6. The van der Waals surface area contributed by atoms with Crippen molar-refractivity contribution >= 4 is 28.5 Å². The Labute approximate surface area is 136 Å². The van der Waals surface area contributed by atoms with Gasteiger partial charge in [0.15, 0.2) is 11.2 Å². The van der Waals surface area contributed by atoms with Crippen molar-refractivity contribution in [2.75, 3.05) is 6.61 Å². The average molecular weight is 329 g/mol. The lowest BCUT2D eigenvalue weighted by atomic mass is 10.2. The second-order valence-corrected chi connectivity index (χ2v) is 6.43. The van der Waals surface area contributed by atoms with Crippen molar-refractivity contribution in [2.45, 2.75) is 25.5 Å². The Morgan fingerprint density at radius 1 is 1.39 bits per heavy atom. The molecular formula is C16H15N3O3S. The third-order valence-electron chi connectivity index (χ3n) is 3.71. The smallest absolute Gasteiger partial charge is 0.261 e. The van der Waals surface area contributed by atoms with Gasteiger partial charge in [-0.2, -0.15) is 4.98 Å². The van der Waals surface area contributed by atoms with E-state index in [1.807, 2.05) is 12.1 Å². The molecule has 1 fully saturated rings. The van der Waals surface area contributed by atoms with Crippen LogP contribution in [0, 0.1) is 0 Å². The van der Waals surface area contributed by atoms with E-state index in [1.54, 1.807) is 18.3 Å². The quantitative estimate of drug-likeness (QED) is 0.796. The molecule has 0 radical (unpaired) electrons. The van der Waals surface area contributed by atoms with Gasteiger partial charge in [0.05, 0.1) is 17.5 Å². The van der Waals surface area contributed by atoms with Crippen LogP contribution in [0.1, 0.15) is 39.4 Å². The maximum Gasteiger partial charge on any atom is 0.261 e. The Bertz CT molecular complexity index is 803. The Morgan fingerprint density at radius 2 is 2.35 bits per heavy atom. The van der Waals surface area contributed by atoms with Crippen LogP contribution in [0.3, 0.4) is 0 Å². The van der Waals surface area contributed by atoms with Crippen molar-refractivity contribution < 1.29 is 13.9 Å². The van der Waals surface area contributed by atoms with Gasteiger partial charge >= 0.3 is 0 Å². The van der Waals surface area contributed by atoms with Crippen LogP contribution in [0.5, 0.6) is 0 Å². The lowest BCUT2D eigenvalue weighted by Crippen LogP contribution is -2.21. The largest absolute Gasteiger partial charge is 0.437 e. The molecule has 0 aromatic carbocycles. The van der Waals surface area contributed by atoms with Crippen LogP contribution in [0.4, 0.5) is 0 Å². The maximum atomic E-state index is 12.2. The highest BCUT2D eigenvalue weighted by Crippen LogP contribution is 2.33. The Hall–Kier alpha value is -2.25. The number of carbonyl (C=O) groups is 1. The van der Waals surface area contributed by atoms with Gasteiger partial charge in [0, 0.05) is 17.7 Å². The molecule has 1 atom stereocenters. The standard InChI is InChI=1S/C16H15N3O3S/c20-16(13-6-5-12(23-13)10-4-2-8-21-10)18-9-14-19-15-11(22-14)3-1-7-17-15/h1,3,5-7,10H,2,4,8-9H2,(H,18,20). The molecule has 3 aromatic heterocycles. The number of hydrogen-bond donors (Lipinski definition) is 1. The highest BCUT2D eigenvalue weighted by Gasteiger charge is 2.21. The minimum absolute atomic E-state index is 0.130. The normalized spacial score (nSPS) is 17.7. The number of carbonyl (C=O) groups excluding carboxylic acids is 1. The van der Waals surface area contributed by atoms with Gasteiger partial charge in [-0.15, -0.1) is 11.3 Å². The number of nitrogens with one attached hydrogen (secondary N) is 1. The van der Waals surface area contributed by atoms with E-state index >= 15 is 0 Å². The number of oxazole rings is 1. The van der Waals surface area contributed by atoms with Gasteiger partial charge in [0.25, 0.3) is 5.91 Å². The van der Waals surface area contributed by atoms with Crippen LogP contribution in [0.25, 0.3) is 11.2 Å². The molecule has 7 heteroatoms. The average Bonchev–Trinajstić information content (AvgIpc) is 3.31. The molecule has 4 rings (SSSR count). The number of amides is 1. The fourth-order valence-electron chi connectivity index (χ4n) is 2.58. The van der Waals surface area contributed by atoms with Crippen molar-refractivity contribution in [1.29, 1.82) is 0 Å². The van der Waals surface area contributed by atoms with Crippen LogP contribution < -0.4 is 5.32 Å². The number of rotatable bonds is 4. The lowest BCUT2D eigenvalue weighted by molar-refractivity contribution is 0.0951. The molecule has 1 N–H and O–H groups in total. The lowest BCUT2D eigenvalue weighted by Gasteiger charge is -2.05. The second-order valence-electron chi connectivity index (χ2n) is 5.32. The number of ether oxygens (including phenoxy) is 1. The molecule has 1 unspecified atom stereocenters. The van der Waals surface area contributed by atoms with Gasteiger partial charge in [-0.3, -0.25) is 4.79 Å². The van der Waals surface area contributed by atoms with Crippen LogP contribution in [0.15, 0.2) is 34.9 Å². The summed E-state index contributed by atoms with van der Waals surface area (Å²) in [7, 11) is 0. The number of nitrogens with zero attached hydrogens (tertiary/aromatic N) is 2. The van der Waals surface area contributed by atoms with Crippen molar-refractivity contribution in [3.05, 3.63) is 46.1 Å². The van der Waals surface area contributed by atoms with E-state index in [0.29, 0.717) is 22.0 Å². The summed E-state index contributed by atoms with van der Waals surface area (Å²) in [4.78, 5) is 22.4. The van der Waals surface area contributed by atoms with E-state index in [1.165, 1.54) is 11.3 Å². The van der Waals surface area contributed by atoms with Crippen molar-refractivity contribution in [3.63, 3.8) is 0 Å². The third kappa shape index (κ3) is 2.97. The summed E-state index contributed by atoms with van der Waals surface area (Å²) < 4.78 is 11.2. The Morgan fingerprint density at radius 3 is 3.17 bits per heavy atom. The summed E-state index contributed by atoms with van der Waals surface area (Å²) in [6.45, 7) is 1.04. The van der Waals surface area contributed by atoms with E-state index in [0.717, 1.165) is 24.3 Å². The highest BCUT2D eigenvalue weighted by atomic mass is 32.1. The van der Waals surface area contributed by atoms with Gasteiger partial charge in [-0.1, -0.05) is 0 Å². The fourth-order valence-corrected chi connectivity index (χ4v) is 3.59. The monoisotopic (exact) mass is 329 g/mol. The van der Waals surface area contributed by atoms with Crippen LogP contribution in [-0.4, -0.2) is 22.5 Å². The summed E-state index contributed by atoms with van der Waals surface area (Å²) >= 11 is 1.48. The molecule has 0 bridgehead atoms. The minimum atomic E-state index is -0.130. The first-order chi connectivity index (χ1) is 11.3. The van der Waals surface area contributed by atoms with Crippen molar-refractivity contribution in [2.24, 2.45) is 0 Å². The van der Waals surface area contributed by atoms with E-state index < -0.39 is 0 Å². The zero-order valence-corrected chi connectivity index (χ0v) is 13.1. The van der Waals surface area contributed by atoms with E-state index in [2.05, 4.69) is 15.3 Å². The van der Waals surface area contributed by atoms with E-state index in [9.17, 15) is 4.79 Å².